The number of nitrogens with one attached hydrogen (secondary N) is 1. The van der Waals surface area contributed by atoms with E-state index in [9.17, 15) is 18.0 Å². The summed E-state index contributed by atoms with van der Waals surface area (Å²) in [6, 6.07) is 25.6. The topological polar surface area (TPSA) is 72.3 Å². The van der Waals surface area contributed by atoms with Crippen molar-refractivity contribution < 1.29 is 22.7 Å². The number of carbonyl (C=O) groups is 1. The summed E-state index contributed by atoms with van der Waals surface area (Å²) in [6.45, 7) is 2.86. The lowest BCUT2D eigenvalue weighted by Crippen LogP contribution is -2.31. The predicted molar refractivity (Wildman–Crippen MR) is 161 cm³/mol. The maximum Gasteiger partial charge on any atom is 0.416 e. The van der Waals surface area contributed by atoms with Gasteiger partial charge in [-0.3, -0.25) is 9.69 Å². The summed E-state index contributed by atoms with van der Waals surface area (Å²) < 4.78 is 46.3. The standard InChI is InChI=1S/C34H30F3N5O2/c1-44-29-14-6-23(7-15-29)19-42-32(38-22-39-42)21-41-17-16-25-18-28(13-10-26(25)20-41)40-33(43)31-5-3-2-4-30(31)24-8-11-27(12-9-24)34(35,36)37/h2-15,18,22H,16-17,19-21H2,1H3,(H,40,43). The van der Waals surface area contributed by atoms with E-state index in [1.165, 1.54) is 17.7 Å². The van der Waals surface area contributed by atoms with Gasteiger partial charge in [-0.05, 0) is 76.7 Å². The minimum Gasteiger partial charge on any atom is -0.497 e. The number of benzene rings is 4. The molecule has 1 amide bonds. The van der Waals surface area contributed by atoms with Crippen LogP contribution >= 0.6 is 0 Å². The van der Waals surface area contributed by atoms with E-state index in [4.69, 9.17) is 4.74 Å². The van der Waals surface area contributed by atoms with Crippen LogP contribution in [0.25, 0.3) is 11.1 Å². The maximum absolute atomic E-state index is 13.3. The van der Waals surface area contributed by atoms with Gasteiger partial charge in [-0.15, -0.1) is 0 Å². The molecule has 2 heterocycles. The fraction of sp³-hybridized carbons (Fsp3) is 0.206. The quantitative estimate of drug-likeness (QED) is 0.212. The zero-order valence-corrected chi connectivity index (χ0v) is 24.0. The first-order valence-electron chi connectivity index (χ1n) is 14.2. The Morgan fingerprint density at radius 1 is 0.932 bits per heavy atom. The molecule has 4 aromatic carbocycles. The number of hydrogen-bond acceptors (Lipinski definition) is 5. The number of aromatic nitrogens is 3. The highest BCUT2D eigenvalue weighted by atomic mass is 19.4. The second kappa shape index (κ2) is 12.3. The average molecular weight is 598 g/mol. The highest BCUT2D eigenvalue weighted by Crippen LogP contribution is 2.32. The SMILES string of the molecule is COc1ccc(Cn2ncnc2CN2CCc3cc(NC(=O)c4ccccc4-c4ccc(C(F)(F)F)cc4)ccc3C2)cc1. The fourth-order valence-corrected chi connectivity index (χ4v) is 5.44. The van der Waals surface area contributed by atoms with Crippen LogP contribution in [0.1, 0.15) is 38.4 Å². The van der Waals surface area contributed by atoms with Crippen molar-refractivity contribution in [2.24, 2.45) is 0 Å². The Bertz CT molecular complexity index is 1770. The first-order valence-corrected chi connectivity index (χ1v) is 14.2. The second-order valence-electron chi connectivity index (χ2n) is 10.7. The third-order valence-electron chi connectivity index (χ3n) is 7.80. The summed E-state index contributed by atoms with van der Waals surface area (Å²) >= 11 is 0. The minimum absolute atomic E-state index is 0.325. The highest BCUT2D eigenvalue weighted by Gasteiger charge is 2.30. The molecule has 10 heteroatoms. The van der Waals surface area contributed by atoms with Crippen LogP contribution in [0.3, 0.4) is 0 Å². The Morgan fingerprint density at radius 2 is 1.70 bits per heavy atom. The summed E-state index contributed by atoms with van der Waals surface area (Å²) in [4.78, 5) is 20.1. The van der Waals surface area contributed by atoms with Crippen LogP contribution in [0.15, 0.2) is 97.3 Å². The number of ether oxygens (including phenoxy) is 1. The van der Waals surface area contributed by atoms with E-state index in [2.05, 4.69) is 20.3 Å². The molecule has 5 aromatic rings. The third kappa shape index (κ3) is 6.50. The Hall–Kier alpha value is -4.96. The Balaban J connectivity index is 1.11. The van der Waals surface area contributed by atoms with Crippen molar-refractivity contribution in [3.05, 3.63) is 131 Å². The maximum atomic E-state index is 13.3. The van der Waals surface area contributed by atoms with Crippen molar-refractivity contribution >= 4 is 11.6 Å². The Kier molecular flexibility index (Phi) is 8.17. The number of hydrogen-bond donors (Lipinski definition) is 1. The Morgan fingerprint density at radius 3 is 2.45 bits per heavy atom. The molecule has 224 valence electrons. The van der Waals surface area contributed by atoms with Gasteiger partial charge in [-0.2, -0.15) is 18.3 Å². The van der Waals surface area contributed by atoms with Gasteiger partial charge in [0, 0.05) is 24.3 Å². The average Bonchev–Trinajstić information content (AvgIpc) is 3.47. The molecule has 0 atom stereocenters. The lowest BCUT2D eigenvalue weighted by molar-refractivity contribution is -0.137. The van der Waals surface area contributed by atoms with Gasteiger partial charge >= 0.3 is 6.18 Å². The van der Waals surface area contributed by atoms with Crippen LogP contribution in [0.5, 0.6) is 5.75 Å². The first-order chi connectivity index (χ1) is 21.3. The number of fused-ring (bicyclic) bond motifs is 1. The van der Waals surface area contributed by atoms with E-state index in [0.29, 0.717) is 35.5 Å². The van der Waals surface area contributed by atoms with Gasteiger partial charge in [0.1, 0.15) is 17.9 Å². The van der Waals surface area contributed by atoms with Gasteiger partial charge in [0.05, 0.1) is 25.8 Å². The number of methoxy groups -OCH3 is 1. The summed E-state index contributed by atoms with van der Waals surface area (Å²) in [5, 5.41) is 7.41. The molecule has 1 aliphatic heterocycles. The van der Waals surface area contributed by atoms with E-state index < -0.39 is 11.7 Å². The van der Waals surface area contributed by atoms with Gasteiger partial charge in [0.25, 0.3) is 5.91 Å². The second-order valence-corrected chi connectivity index (χ2v) is 10.7. The molecule has 1 aromatic heterocycles. The predicted octanol–water partition coefficient (Wildman–Crippen LogP) is 6.83. The zero-order chi connectivity index (χ0) is 30.7. The number of nitrogens with zero attached hydrogens (tertiary/aromatic N) is 4. The molecule has 6 rings (SSSR count). The molecule has 0 bridgehead atoms. The molecule has 44 heavy (non-hydrogen) atoms. The zero-order valence-electron chi connectivity index (χ0n) is 24.0. The van der Waals surface area contributed by atoms with Gasteiger partial charge in [0.2, 0.25) is 0 Å². The molecule has 0 aliphatic carbocycles. The molecular formula is C34H30F3N5O2. The van der Waals surface area contributed by atoms with Gasteiger partial charge in [-0.1, -0.05) is 48.5 Å². The van der Waals surface area contributed by atoms with Gasteiger partial charge in [-0.25, -0.2) is 9.67 Å². The summed E-state index contributed by atoms with van der Waals surface area (Å²) in [6.07, 6.45) is -2.02. The van der Waals surface area contributed by atoms with E-state index in [-0.39, 0.29) is 5.91 Å². The number of anilines is 1. The van der Waals surface area contributed by atoms with E-state index in [1.807, 2.05) is 47.1 Å². The van der Waals surface area contributed by atoms with Crippen molar-refractivity contribution in [3.8, 4) is 16.9 Å². The summed E-state index contributed by atoms with van der Waals surface area (Å²) in [5.74, 6) is 1.37. The molecule has 1 N–H and O–H groups in total. The molecule has 0 unspecified atom stereocenters. The van der Waals surface area contributed by atoms with Crippen LogP contribution in [0, 0.1) is 0 Å². The normalized spacial score (nSPS) is 13.4. The first kappa shape index (κ1) is 29.1. The molecule has 0 fully saturated rings. The molecule has 0 saturated carbocycles. The third-order valence-corrected chi connectivity index (χ3v) is 7.80. The van der Waals surface area contributed by atoms with E-state index in [0.717, 1.165) is 54.3 Å². The van der Waals surface area contributed by atoms with E-state index in [1.54, 1.807) is 37.7 Å². The fourth-order valence-electron chi connectivity index (χ4n) is 5.44. The molecule has 0 spiro atoms. The smallest absolute Gasteiger partial charge is 0.416 e. The van der Waals surface area contributed by atoms with Crippen LogP contribution in [-0.2, 0) is 32.2 Å². The van der Waals surface area contributed by atoms with Crippen LogP contribution in [0.4, 0.5) is 18.9 Å². The van der Waals surface area contributed by atoms with Crippen molar-refractivity contribution in [1.29, 1.82) is 0 Å². The Labute approximate surface area is 252 Å². The number of carbonyl (C=O) groups excluding carboxylic acids is 1. The minimum atomic E-state index is -4.42. The largest absolute Gasteiger partial charge is 0.497 e. The molecule has 0 saturated heterocycles. The number of halogens is 3. The molecular weight excluding hydrogens is 567 g/mol. The van der Waals surface area contributed by atoms with Gasteiger partial charge < -0.3 is 10.1 Å². The van der Waals surface area contributed by atoms with Crippen molar-refractivity contribution in [3.63, 3.8) is 0 Å². The lowest BCUT2D eigenvalue weighted by atomic mass is 9.97. The van der Waals surface area contributed by atoms with Crippen LogP contribution < -0.4 is 10.1 Å². The van der Waals surface area contributed by atoms with Crippen molar-refractivity contribution in [1.82, 2.24) is 19.7 Å². The summed E-state index contributed by atoms with van der Waals surface area (Å²) in [7, 11) is 1.65. The number of alkyl halides is 3. The van der Waals surface area contributed by atoms with Crippen molar-refractivity contribution in [2.75, 3.05) is 19.0 Å². The number of rotatable bonds is 8. The van der Waals surface area contributed by atoms with E-state index >= 15 is 0 Å². The molecule has 0 radical (unpaired) electrons. The van der Waals surface area contributed by atoms with Gasteiger partial charge in [0.15, 0.2) is 0 Å². The summed E-state index contributed by atoms with van der Waals surface area (Å²) in [5.41, 5.74) is 4.87. The van der Waals surface area contributed by atoms with Crippen molar-refractivity contribution in [2.45, 2.75) is 32.2 Å². The highest BCUT2D eigenvalue weighted by molar-refractivity contribution is 6.08. The van der Waals surface area contributed by atoms with Crippen LogP contribution in [-0.4, -0.2) is 39.2 Å². The lowest BCUT2D eigenvalue weighted by Gasteiger charge is -2.28. The molecule has 1 aliphatic rings. The monoisotopic (exact) mass is 597 g/mol. The van der Waals surface area contributed by atoms with Crippen LogP contribution in [0.2, 0.25) is 0 Å². The number of amides is 1. The molecule has 7 nitrogen and oxygen atoms in total.